The Morgan fingerprint density at radius 2 is 2.24 bits per heavy atom. The summed E-state index contributed by atoms with van der Waals surface area (Å²) in [6.45, 7) is 2.03. The van der Waals surface area contributed by atoms with Gasteiger partial charge in [-0.15, -0.1) is 0 Å². The minimum atomic E-state index is -0.0859. The maximum atomic E-state index is 11.8. The van der Waals surface area contributed by atoms with Crippen molar-refractivity contribution in [1.82, 2.24) is 15.3 Å². The maximum Gasteiger partial charge on any atom is 0.258 e. The van der Waals surface area contributed by atoms with Crippen molar-refractivity contribution in [3.05, 3.63) is 40.4 Å². The molecule has 1 aliphatic rings. The number of hydrogen-bond donors (Lipinski definition) is 2. The lowest BCUT2D eigenvalue weighted by Gasteiger charge is -2.26. The Bertz CT molecular complexity index is 590. The molecule has 0 saturated carbocycles. The van der Waals surface area contributed by atoms with Crippen molar-refractivity contribution < 1.29 is 4.74 Å². The molecule has 2 N–H and O–H groups in total. The number of hydrogen-bond acceptors (Lipinski definition) is 4. The topological polar surface area (TPSA) is 67.0 Å². The Hall–Kier alpha value is -1.72. The summed E-state index contributed by atoms with van der Waals surface area (Å²) in [6, 6.07) is 7.72. The zero-order valence-corrected chi connectivity index (χ0v) is 9.27. The van der Waals surface area contributed by atoms with Crippen molar-refractivity contribution in [1.29, 1.82) is 0 Å². The van der Waals surface area contributed by atoms with Crippen LogP contribution in [0.25, 0.3) is 10.9 Å². The van der Waals surface area contributed by atoms with E-state index in [-0.39, 0.29) is 5.56 Å². The molecular weight excluding hydrogens is 218 g/mol. The zero-order valence-electron chi connectivity index (χ0n) is 9.27. The van der Waals surface area contributed by atoms with Gasteiger partial charge < -0.3 is 15.0 Å². The van der Waals surface area contributed by atoms with Gasteiger partial charge in [-0.3, -0.25) is 4.79 Å². The van der Waals surface area contributed by atoms with Crippen LogP contribution in [-0.2, 0) is 11.3 Å². The number of rotatable bonds is 3. The molecule has 0 atom stereocenters. The fourth-order valence-corrected chi connectivity index (χ4v) is 1.81. The molecule has 1 fully saturated rings. The third kappa shape index (κ3) is 2.07. The van der Waals surface area contributed by atoms with Crippen LogP contribution in [0, 0.1) is 0 Å². The third-order valence-electron chi connectivity index (χ3n) is 2.86. The second-order valence-corrected chi connectivity index (χ2v) is 4.15. The first-order valence-corrected chi connectivity index (χ1v) is 5.62. The van der Waals surface area contributed by atoms with Gasteiger partial charge in [-0.1, -0.05) is 12.1 Å². The summed E-state index contributed by atoms with van der Waals surface area (Å²) in [7, 11) is 0. The van der Waals surface area contributed by atoms with Crippen LogP contribution in [0.15, 0.2) is 29.1 Å². The Balaban J connectivity index is 1.86. The van der Waals surface area contributed by atoms with E-state index in [2.05, 4.69) is 15.3 Å². The lowest BCUT2D eigenvalue weighted by atomic mass is 10.2. The van der Waals surface area contributed by atoms with Crippen molar-refractivity contribution in [3.63, 3.8) is 0 Å². The lowest BCUT2D eigenvalue weighted by Crippen LogP contribution is -2.45. The van der Waals surface area contributed by atoms with Crippen LogP contribution in [0.4, 0.5) is 0 Å². The molecule has 0 unspecified atom stereocenters. The number of ether oxygens (including phenoxy) is 1. The molecule has 2 aromatic rings. The number of nitrogens with zero attached hydrogens (tertiary/aromatic N) is 1. The van der Waals surface area contributed by atoms with Gasteiger partial charge in [-0.05, 0) is 12.1 Å². The fourth-order valence-electron chi connectivity index (χ4n) is 1.81. The number of benzene rings is 1. The van der Waals surface area contributed by atoms with Crippen molar-refractivity contribution >= 4 is 10.9 Å². The highest BCUT2D eigenvalue weighted by atomic mass is 16.5. The molecule has 1 aliphatic heterocycles. The minimum absolute atomic E-state index is 0.0859. The summed E-state index contributed by atoms with van der Waals surface area (Å²) in [5, 5.41) is 3.90. The SMILES string of the molecule is O=c1[nH]c(CNC2COC2)nc2ccccc12. The summed E-state index contributed by atoms with van der Waals surface area (Å²) in [6.07, 6.45) is 0. The molecule has 3 rings (SSSR count). The molecule has 0 radical (unpaired) electrons. The molecule has 0 aliphatic carbocycles. The number of aromatic nitrogens is 2. The second-order valence-electron chi connectivity index (χ2n) is 4.15. The number of H-pyrrole nitrogens is 1. The van der Waals surface area contributed by atoms with Crippen LogP contribution < -0.4 is 10.9 Å². The van der Waals surface area contributed by atoms with Crippen LogP contribution in [0.3, 0.4) is 0 Å². The van der Waals surface area contributed by atoms with Gasteiger partial charge in [0, 0.05) is 0 Å². The van der Waals surface area contributed by atoms with E-state index >= 15 is 0 Å². The van der Waals surface area contributed by atoms with E-state index in [1.165, 1.54) is 0 Å². The number of para-hydroxylation sites is 1. The Morgan fingerprint density at radius 3 is 3.00 bits per heavy atom. The van der Waals surface area contributed by atoms with Gasteiger partial charge in [0.2, 0.25) is 0 Å². The molecule has 88 valence electrons. The predicted molar refractivity (Wildman–Crippen MR) is 63.8 cm³/mol. The highest BCUT2D eigenvalue weighted by molar-refractivity contribution is 5.77. The molecule has 5 nitrogen and oxygen atoms in total. The number of aromatic amines is 1. The van der Waals surface area contributed by atoms with Gasteiger partial charge in [-0.25, -0.2) is 4.98 Å². The summed E-state index contributed by atoms with van der Waals surface area (Å²) in [5.74, 6) is 0.667. The van der Waals surface area contributed by atoms with Crippen molar-refractivity contribution in [2.45, 2.75) is 12.6 Å². The summed E-state index contributed by atoms with van der Waals surface area (Å²) < 4.78 is 5.06. The average Bonchev–Trinajstić information content (AvgIpc) is 2.27. The van der Waals surface area contributed by atoms with Gasteiger partial charge >= 0.3 is 0 Å². The van der Waals surface area contributed by atoms with Crippen LogP contribution in [0.2, 0.25) is 0 Å². The Labute approximate surface area is 97.8 Å². The quantitative estimate of drug-likeness (QED) is 0.803. The predicted octanol–water partition coefficient (Wildman–Crippen LogP) is 0.411. The van der Waals surface area contributed by atoms with Crippen molar-refractivity contribution in [3.8, 4) is 0 Å². The van der Waals surface area contributed by atoms with E-state index in [9.17, 15) is 4.79 Å². The molecule has 5 heteroatoms. The zero-order chi connectivity index (χ0) is 11.7. The minimum Gasteiger partial charge on any atom is -0.378 e. The maximum absolute atomic E-state index is 11.8. The van der Waals surface area contributed by atoms with Crippen LogP contribution in [0.1, 0.15) is 5.82 Å². The smallest absolute Gasteiger partial charge is 0.258 e. The number of nitrogens with one attached hydrogen (secondary N) is 2. The van der Waals surface area contributed by atoms with E-state index in [1.807, 2.05) is 18.2 Å². The van der Waals surface area contributed by atoms with E-state index in [0.717, 1.165) is 18.7 Å². The molecule has 1 aromatic carbocycles. The van der Waals surface area contributed by atoms with E-state index in [1.54, 1.807) is 6.07 Å². The molecular formula is C12H13N3O2. The van der Waals surface area contributed by atoms with E-state index in [0.29, 0.717) is 23.8 Å². The van der Waals surface area contributed by atoms with Gasteiger partial charge in [0.25, 0.3) is 5.56 Å². The van der Waals surface area contributed by atoms with Gasteiger partial charge in [-0.2, -0.15) is 0 Å². The normalized spacial score (nSPS) is 16.0. The highest BCUT2D eigenvalue weighted by Crippen LogP contribution is 2.06. The molecule has 0 amide bonds. The molecule has 1 saturated heterocycles. The monoisotopic (exact) mass is 231 g/mol. The average molecular weight is 231 g/mol. The standard InChI is InChI=1S/C12H13N3O2/c16-12-9-3-1-2-4-10(9)14-11(15-12)5-13-8-6-17-7-8/h1-4,8,13H,5-7H2,(H,14,15,16). The molecule has 0 spiro atoms. The fraction of sp³-hybridized carbons (Fsp3) is 0.333. The first kappa shape index (κ1) is 10.4. The van der Waals surface area contributed by atoms with Crippen LogP contribution >= 0.6 is 0 Å². The van der Waals surface area contributed by atoms with Crippen LogP contribution in [-0.4, -0.2) is 29.2 Å². The Morgan fingerprint density at radius 1 is 1.41 bits per heavy atom. The molecule has 1 aromatic heterocycles. The highest BCUT2D eigenvalue weighted by Gasteiger charge is 2.17. The number of fused-ring (bicyclic) bond motifs is 1. The second kappa shape index (κ2) is 4.27. The van der Waals surface area contributed by atoms with Gasteiger partial charge in [0.1, 0.15) is 5.82 Å². The molecule has 0 bridgehead atoms. The summed E-state index contributed by atoms with van der Waals surface area (Å²) >= 11 is 0. The largest absolute Gasteiger partial charge is 0.378 e. The summed E-state index contributed by atoms with van der Waals surface area (Å²) in [4.78, 5) is 19.0. The Kier molecular flexibility index (Phi) is 2.62. The lowest BCUT2D eigenvalue weighted by molar-refractivity contribution is -0.00604. The first-order chi connectivity index (χ1) is 8.33. The molecule has 2 heterocycles. The van der Waals surface area contributed by atoms with E-state index in [4.69, 9.17) is 4.74 Å². The third-order valence-corrected chi connectivity index (χ3v) is 2.86. The van der Waals surface area contributed by atoms with Gasteiger partial charge in [0.15, 0.2) is 0 Å². The van der Waals surface area contributed by atoms with Crippen molar-refractivity contribution in [2.75, 3.05) is 13.2 Å². The molecule has 17 heavy (non-hydrogen) atoms. The van der Waals surface area contributed by atoms with Crippen LogP contribution in [0.5, 0.6) is 0 Å². The van der Waals surface area contributed by atoms with Crippen molar-refractivity contribution in [2.24, 2.45) is 0 Å². The summed E-state index contributed by atoms with van der Waals surface area (Å²) in [5.41, 5.74) is 0.648. The van der Waals surface area contributed by atoms with E-state index < -0.39 is 0 Å². The van der Waals surface area contributed by atoms with Gasteiger partial charge in [0.05, 0.1) is 36.7 Å². The first-order valence-electron chi connectivity index (χ1n) is 5.62.